The molecule has 4 heterocycles. The lowest BCUT2D eigenvalue weighted by Crippen LogP contribution is -2.47. The van der Waals surface area contributed by atoms with E-state index in [9.17, 15) is 21.6 Å². The number of halogens is 4. The zero-order valence-electron chi connectivity index (χ0n) is 16.5. The summed E-state index contributed by atoms with van der Waals surface area (Å²) in [6, 6.07) is -1.40. The number of aromatic nitrogens is 4. The molecule has 0 aromatic carbocycles. The first-order valence-electron chi connectivity index (χ1n) is 9.34. The van der Waals surface area contributed by atoms with E-state index < -0.39 is 46.2 Å². The number of fused-ring (bicyclic) bond motifs is 1. The van der Waals surface area contributed by atoms with Gasteiger partial charge in [0.1, 0.15) is 17.2 Å². The predicted molar refractivity (Wildman–Crippen MR) is 107 cm³/mol. The van der Waals surface area contributed by atoms with Gasteiger partial charge in [-0.05, 0) is 0 Å². The van der Waals surface area contributed by atoms with Crippen LogP contribution in [0.2, 0.25) is 5.02 Å². The Morgan fingerprint density at radius 1 is 1.22 bits per heavy atom. The van der Waals surface area contributed by atoms with Crippen LogP contribution in [-0.2, 0) is 26.5 Å². The van der Waals surface area contributed by atoms with Crippen LogP contribution in [0.4, 0.5) is 30.6 Å². The van der Waals surface area contributed by atoms with Gasteiger partial charge in [-0.3, -0.25) is 4.68 Å². The van der Waals surface area contributed by atoms with Gasteiger partial charge in [-0.25, -0.2) is 18.1 Å². The second kappa shape index (κ2) is 8.62. The van der Waals surface area contributed by atoms with E-state index in [1.54, 1.807) is 24.1 Å². The third-order valence-corrected chi connectivity index (χ3v) is 6.41. The van der Waals surface area contributed by atoms with Crippen LogP contribution >= 0.6 is 11.6 Å². The van der Waals surface area contributed by atoms with Gasteiger partial charge in [-0.15, -0.1) is 0 Å². The van der Waals surface area contributed by atoms with Crippen LogP contribution < -0.4 is 15.4 Å². The van der Waals surface area contributed by atoms with Crippen molar-refractivity contribution in [3.63, 3.8) is 0 Å². The minimum absolute atomic E-state index is 0.110. The van der Waals surface area contributed by atoms with Gasteiger partial charge in [0.05, 0.1) is 43.4 Å². The number of alkyl halides is 3. The third-order valence-electron chi connectivity index (χ3n) is 4.77. The molecule has 0 aliphatic carbocycles. The summed E-state index contributed by atoms with van der Waals surface area (Å²) in [5.74, 6) is -1.43. The lowest BCUT2D eigenvalue weighted by molar-refractivity contribution is -0.106. The summed E-state index contributed by atoms with van der Waals surface area (Å²) >= 11 is 6.19. The molecule has 0 bridgehead atoms. The summed E-state index contributed by atoms with van der Waals surface area (Å²) in [6.07, 6.45) is -1.51. The summed E-state index contributed by atoms with van der Waals surface area (Å²) < 4.78 is 75.9. The van der Waals surface area contributed by atoms with Crippen LogP contribution in [0.3, 0.4) is 0 Å². The molecule has 0 saturated carbocycles. The largest absolute Gasteiger partial charge is 0.404 e. The van der Waals surface area contributed by atoms with Gasteiger partial charge in [0.15, 0.2) is 11.6 Å². The lowest BCUT2D eigenvalue weighted by Gasteiger charge is -2.19. The average molecular weight is 498 g/mol. The molecule has 11 nitrogen and oxygen atoms in total. The van der Waals surface area contributed by atoms with E-state index in [1.165, 1.54) is 6.20 Å². The Morgan fingerprint density at radius 2 is 1.91 bits per heavy atom. The lowest BCUT2D eigenvalue weighted by atomic mass is 10.1. The molecule has 0 amide bonds. The van der Waals surface area contributed by atoms with Crippen LogP contribution in [0.5, 0.6) is 0 Å². The SMILES string of the molecule is Cn1cc(Nc2ncc(Cl)c(N[C@H]3COC4C3OC[C@H]4NS(=O)(=O)CC(F)(F)F)n2)cn1. The van der Waals surface area contributed by atoms with Crippen LogP contribution in [0.25, 0.3) is 0 Å². The van der Waals surface area contributed by atoms with Gasteiger partial charge in [0.25, 0.3) is 0 Å². The summed E-state index contributed by atoms with van der Waals surface area (Å²) in [4.78, 5) is 8.43. The quantitative estimate of drug-likeness (QED) is 0.513. The van der Waals surface area contributed by atoms with E-state index in [1.807, 2.05) is 4.72 Å². The Morgan fingerprint density at radius 3 is 2.56 bits per heavy atom. The molecule has 4 rings (SSSR count). The molecular formula is C16H19ClF3N7O4S. The van der Waals surface area contributed by atoms with Crippen molar-refractivity contribution in [1.29, 1.82) is 0 Å². The topological polar surface area (TPSA) is 132 Å². The zero-order chi connectivity index (χ0) is 23.1. The molecule has 2 aromatic heterocycles. The Hall–Kier alpha value is -2.20. The Balaban J connectivity index is 1.41. The van der Waals surface area contributed by atoms with Crippen molar-refractivity contribution >= 4 is 39.1 Å². The van der Waals surface area contributed by atoms with Crippen LogP contribution in [0, 0.1) is 0 Å². The molecule has 2 aromatic rings. The van der Waals surface area contributed by atoms with E-state index in [-0.39, 0.29) is 30.0 Å². The number of ether oxygens (including phenoxy) is 2. The van der Waals surface area contributed by atoms with Gasteiger partial charge in [-0.2, -0.15) is 23.3 Å². The normalized spacial score (nSPS) is 25.7. The fourth-order valence-corrected chi connectivity index (χ4v) is 4.85. The zero-order valence-corrected chi connectivity index (χ0v) is 18.1. The number of hydrogen-bond donors (Lipinski definition) is 3. The van der Waals surface area contributed by atoms with E-state index in [0.717, 1.165) is 0 Å². The number of anilines is 3. The molecule has 176 valence electrons. The van der Waals surface area contributed by atoms with Gasteiger partial charge in [-0.1, -0.05) is 11.6 Å². The van der Waals surface area contributed by atoms with Crippen LogP contribution in [-0.4, -0.2) is 77.6 Å². The first kappa shape index (κ1) is 23.0. The fourth-order valence-electron chi connectivity index (χ4n) is 3.53. The van der Waals surface area contributed by atoms with Crippen molar-refractivity contribution in [3.05, 3.63) is 23.6 Å². The Kier molecular flexibility index (Phi) is 6.19. The number of nitrogens with zero attached hydrogens (tertiary/aromatic N) is 4. The molecular weight excluding hydrogens is 479 g/mol. The molecule has 3 N–H and O–H groups in total. The van der Waals surface area contributed by atoms with Crippen molar-refractivity contribution < 1.29 is 31.1 Å². The summed E-state index contributed by atoms with van der Waals surface area (Å²) in [6.45, 7) is -0.0194. The minimum atomic E-state index is -4.85. The van der Waals surface area contributed by atoms with Gasteiger partial charge < -0.3 is 20.1 Å². The maximum atomic E-state index is 12.5. The molecule has 2 aliphatic rings. The highest BCUT2D eigenvalue weighted by Gasteiger charge is 2.50. The highest BCUT2D eigenvalue weighted by molar-refractivity contribution is 7.89. The minimum Gasteiger partial charge on any atom is -0.371 e. The number of hydrogen-bond acceptors (Lipinski definition) is 9. The predicted octanol–water partition coefficient (Wildman–Crippen LogP) is 1.04. The smallest absolute Gasteiger partial charge is 0.371 e. The summed E-state index contributed by atoms with van der Waals surface area (Å²) in [7, 11) is -2.83. The molecule has 2 fully saturated rings. The van der Waals surface area contributed by atoms with Gasteiger partial charge in [0, 0.05) is 13.2 Å². The van der Waals surface area contributed by atoms with Gasteiger partial charge >= 0.3 is 6.18 Å². The van der Waals surface area contributed by atoms with Crippen molar-refractivity contribution in [2.75, 3.05) is 29.6 Å². The molecule has 0 spiro atoms. The monoisotopic (exact) mass is 497 g/mol. The van der Waals surface area contributed by atoms with Crippen molar-refractivity contribution in [1.82, 2.24) is 24.5 Å². The van der Waals surface area contributed by atoms with Crippen molar-refractivity contribution in [3.8, 4) is 0 Å². The van der Waals surface area contributed by atoms with Crippen LogP contribution in [0.1, 0.15) is 0 Å². The molecule has 2 saturated heterocycles. The summed E-state index contributed by atoms with van der Waals surface area (Å²) in [5.41, 5.74) is 0.665. The third kappa shape index (κ3) is 5.40. The Labute approximate surface area is 185 Å². The first-order chi connectivity index (χ1) is 15.0. The maximum absolute atomic E-state index is 12.5. The van der Waals surface area contributed by atoms with E-state index in [4.69, 9.17) is 21.1 Å². The first-order valence-corrected chi connectivity index (χ1v) is 11.4. The number of nitrogens with one attached hydrogen (secondary N) is 3. The van der Waals surface area contributed by atoms with E-state index in [0.29, 0.717) is 5.69 Å². The highest BCUT2D eigenvalue weighted by Crippen LogP contribution is 2.31. The van der Waals surface area contributed by atoms with Crippen LogP contribution in [0.15, 0.2) is 18.6 Å². The van der Waals surface area contributed by atoms with Gasteiger partial charge in [0.2, 0.25) is 16.0 Å². The molecule has 4 atom stereocenters. The van der Waals surface area contributed by atoms with Crippen molar-refractivity contribution in [2.24, 2.45) is 7.05 Å². The molecule has 16 heteroatoms. The molecule has 0 radical (unpaired) electrons. The Bertz CT molecular complexity index is 1080. The maximum Gasteiger partial charge on any atom is 0.404 e. The van der Waals surface area contributed by atoms with E-state index in [2.05, 4.69) is 25.7 Å². The summed E-state index contributed by atoms with van der Waals surface area (Å²) in [5, 5.41) is 10.3. The molecule has 2 unspecified atom stereocenters. The molecule has 2 aliphatic heterocycles. The van der Waals surface area contributed by atoms with Crippen molar-refractivity contribution in [2.45, 2.75) is 30.5 Å². The fraction of sp³-hybridized carbons (Fsp3) is 0.562. The number of rotatable bonds is 7. The number of sulfonamides is 1. The average Bonchev–Trinajstić information content (AvgIpc) is 3.35. The van der Waals surface area contributed by atoms with E-state index >= 15 is 0 Å². The number of aryl methyl sites for hydroxylation is 1. The highest BCUT2D eigenvalue weighted by atomic mass is 35.5. The second-order valence-electron chi connectivity index (χ2n) is 7.36. The standard InChI is InChI=1S/C16H19ClF3N7O4S/c1-27-4-8(2-22-27)23-15-21-3-9(17)14(25-15)24-10-5-30-13-11(6-31-12(10)13)26-32(28,29)7-16(18,19)20/h2-4,10-13,26H,5-7H2,1H3,(H2,21,23,24,25)/t10-,11+,12?,13?/m0/s1. The second-order valence-corrected chi connectivity index (χ2v) is 9.52. The molecule has 32 heavy (non-hydrogen) atoms.